The molecular formula is C8H14N4O. The molecule has 0 aliphatic rings. The van der Waals surface area contributed by atoms with Crippen LogP contribution in [0.1, 0.15) is 30.0 Å². The van der Waals surface area contributed by atoms with Crippen LogP contribution in [-0.4, -0.2) is 39.3 Å². The Morgan fingerprint density at radius 1 is 1.38 bits per heavy atom. The number of nitrogens with one attached hydrogen (secondary N) is 1. The van der Waals surface area contributed by atoms with Gasteiger partial charge in [-0.05, 0) is 20.8 Å². The van der Waals surface area contributed by atoms with E-state index in [4.69, 9.17) is 0 Å². The molecule has 0 aliphatic carbocycles. The molecule has 1 N–H and O–H groups in total. The summed E-state index contributed by atoms with van der Waals surface area (Å²) < 4.78 is 0. The first-order valence-electron chi connectivity index (χ1n) is 4.37. The number of hydrogen-bond acceptors (Lipinski definition) is 3. The molecule has 1 rings (SSSR count). The number of amides is 1. The van der Waals surface area contributed by atoms with E-state index >= 15 is 0 Å². The van der Waals surface area contributed by atoms with Crippen LogP contribution in [0.5, 0.6) is 0 Å². The van der Waals surface area contributed by atoms with E-state index in [2.05, 4.69) is 15.4 Å². The van der Waals surface area contributed by atoms with Gasteiger partial charge >= 0.3 is 0 Å². The number of aryl methyl sites for hydroxylation is 1. The minimum atomic E-state index is -0.0590. The molecule has 0 radical (unpaired) electrons. The molecule has 0 aromatic carbocycles. The highest BCUT2D eigenvalue weighted by Gasteiger charge is 2.17. The predicted molar refractivity (Wildman–Crippen MR) is 48.4 cm³/mol. The molecule has 0 atom stereocenters. The average Bonchev–Trinajstić information content (AvgIpc) is 2.53. The van der Waals surface area contributed by atoms with Crippen molar-refractivity contribution in [3.8, 4) is 0 Å². The van der Waals surface area contributed by atoms with E-state index in [0.717, 1.165) is 0 Å². The van der Waals surface area contributed by atoms with E-state index < -0.39 is 0 Å². The topological polar surface area (TPSA) is 61.9 Å². The lowest BCUT2D eigenvalue weighted by molar-refractivity contribution is 0.0766. The number of H-pyrrole nitrogens is 1. The van der Waals surface area contributed by atoms with E-state index in [1.54, 1.807) is 11.8 Å². The van der Waals surface area contributed by atoms with Crippen molar-refractivity contribution in [3.63, 3.8) is 0 Å². The molecule has 0 aliphatic heterocycles. The summed E-state index contributed by atoms with van der Waals surface area (Å²) in [6.45, 7) is 7.04. The SMILES string of the molecule is CCN(CC)C(=O)c1n[nH]nc1C. The molecule has 1 amide bonds. The van der Waals surface area contributed by atoms with Gasteiger partial charge in [-0.1, -0.05) is 0 Å². The van der Waals surface area contributed by atoms with Crippen molar-refractivity contribution < 1.29 is 4.79 Å². The summed E-state index contributed by atoms with van der Waals surface area (Å²) >= 11 is 0. The van der Waals surface area contributed by atoms with Crippen molar-refractivity contribution in [2.24, 2.45) is 0 Å². The fourth-order valence-corrected chi connectivity index (χ4v) is 1.15. The van der Waals surface area contributed by atoms with Gasteiger partial charge in [0.05, 0.1) is 5.69 Å². The second kappa shape index (κ2) is 4.02. The monoisotopic (exact) mass is 182 g/mol. The molecule has 1 aromatic heterocycles. The normalized spacial score (nSPS) is 10.1. The average molecular weight is 182 g/mol. The summed E-state index contributed by atoms with van der Waals surface area (Å²) in [6.07, 6.45) is 0. The van der Waals surface area contributed by atoms with E-state index in [1.165, 1.54) is 0 Å². The maximum Gasteiger partial charge on any atom is 0.276 e. The quantitative estimate of drug-likeness (QED) is 0.744. The van der Waals surface area contributed by atoms with Crippen molar-refractivity contribution >= 4 is 5.91 Å². The second-order valence-corrected chi connectivity index (χ2v) is 2.74. The van der Waals surface area contributed by atoms with Crippen molar-refractivity contribution in [2.75, 3.05) is 13.1 Å². The highest BCUT2D eigenvalue weighted by molar-refractivity contribution is 5.93. The molecule has 0 unspecified atom stereocenters. The first-order chi connectivity index (χ1) is 6.20. The largest absolute Gasteiger partial charge is 0.338 e. The Labute approximate surface area is 77.1 Å². The Morgan fingerprint density at radius 3 is 2.38 bits per heavy atom. The molecule has 72 valence electrons. The summed E-state index contributed by atoms with van der Waals surface area (Å²) in [4.78, 5) is 13.4. The molecule has 5 nitrogen and oxygen atoms in total. The maximum absolute atomic E-state index is 11.7. The number of rotatable bonds is 3. The van der Waals surface area contributed by atoms with Crippen molar-refractivity contribution in [1.82, 2.24) is 20.3 Å². The van der Waals surface area contributed by atoms with Crippen LogP contribution in [0.3, 0.4) is 0 Å². The van der Waals surface area contributed by atoms with Gasteiger partial charge in [-0.3, -0.25) is 4.79 Å². The Hall–Kier alpha value is -1.39. The highest BCUT2D eigenvalue weighted by Crippen LogP contribution is 2.03. The fraction of sp³-hybridized carbons (Fsp3) is 0.625. The standard InChI is InChI=1S/C8H14N4O/c1-4-12(5-2)8(13)7-6(3)9-11-10-7/h4-5H2,1-3H3,(H,9,10,11). The van der Waals surface area contributed by atoms with E-state index in [0.29, 0.717) is 24.5 Å². The Kier molecular flexibility index (Phi) is 3.00. The number of aromatic nitrogens is 3. The lowest BCUT2D eigenvalue weighted by Crippen LogP contribution is -2.31. The third-order valence-corrected chi connectivity index (χ3v) is 1.98. The third-order valence-electron chi connectivity index (χ3n) is 1.98. The van der Waals surface area contributed by atoms with Gasteiger partial charge in [0.15, 0.2) is 5.69 Å². The summed E-state index contributed by atoms with van der Waals surface area (Å²) in [6, 6.07) is 0. The van der Waals surface area contributed by atoms with Crippen LogP contribution in [-0.2, 0) is 0 Å². The molecule has 5 heteroatoms. The zero-order valence-corrected chi connectivity index (χ0v) is 8.16. The molecule has 1 heterocycles. The van der Waals surface area contributed by atoms with Crippen LogP contribution in [0.2, 0.25) is 0 Å². The smallest absolute Gasteiger partial charge is 0.276 e. The van der Waals surface area contributed by atoms with Crippen molar-refractivity contribution in [1.29, 1.82) is 0 Å². The van der Waals surface area contributed by atoms with Gasteiger partial charge in [-0.15, -0.1) is 0 Å². The van der Waals surface area contributed by atoms with Gasteiger partial charge < -0.3 is 4.90 Å². The Bertz CT molecular complexity index is 290. The molecule has 0 spiro atoms. The molecule has 0 bridgehead atoms. The summed E-state index contributed by atoms with van der Waals surface area (Å²) in [5.41, 5.74) is 1.07. The summed E-state index contributed by atoms with van der Waals surface area (Å²) in [5.74, 6) is -0.0590. The lowest BCUT2D eigenvalue weighted by Gasteiger charge is -2.16. The maximum atomic E-state index is 11.7. The Morgan fingerprint density at radius 2 is 2.00 bits per heavy atom. The summed E-state index contributed by atoms with van der Waals surface area (Å²) in [5, 5.41) is 10.0. The number of carbonyl (C=O) groups is 1. The van der Waals surface area contributed by atoms with Crippen LogP contribution in [0.25, 0.3) is 0 Å². The fourth-order valence-electron chi connectivity index (χ4n) is 1.15. The minimum Gasteiger partial charge on any atom is -0.338 e. The van der Waals surface area contributed by atoms with Crippen LogP contribution in [0, 0.1) is 6.92 Å². The molecule has 0 fully saturated rings. The summed E-state index contributed by atoms with van der Waals surface area (Å²) in [7, 11) is 0. The van der Waals surface area contributed by atoms with Crippen molar-refractivity contribution in [2.45, 2.75) is 20.8 Å². The van der Waals surface area contributed by atoms with E-state index in [1.807, 2.05) is 13.8 Å². The van der Waals surface area contributed by atoms with Crippen molar-refractivity contribution in [3.05, 3.63) is 11.4 Å². The zero-order valence-electron chi connectivity index (χ0n) is 8.16. The molecule has 13 heavy (non-hydrogen) atoms. The zero-order chi connectivity index (χ0) is 9.84. The van der Waals surface area contributed by atoms with Crippen LogP contribution in [0.15, 0.2) is 0 Å². The second-order valence-electron chi connectivity index (χ2n) is 2.74. The minimum absolute atomic E-state index is 0.0590. The van der Waals surface area contributed by atoms with Crippen LogP contribution in [0.4, 0.5) is 0 Å². The highest BCUT2D eigenvalue weighted by atomic mass is 16.2. The van der Waals surface area contributed by atoms with Gasteiger partial charge in [0.25, 0.3) is 5.91 Å². The molecule has 0 saturated heterocycles. The Balaban J connectivity index is 2.84. The van der Waals surface area contributed by atoms with Gasteiger partial charge in [0.2, 0.25) is 0 Å². The van der Waals surface area contributed by atoms with Crippen LogP contribution >= 0.6 is 0 Å². The van der Waals surface area contributed by atoms with E-state index in [9.17, 15) is 4.79 Å². The molecular weight excluding hydrogens is 168 g/mol. The number of aromatic amines is 1. The first kappa shape index (κ1) is 9.70. The van der Waals surface area contributed by atoms with Crippen LogP contribution < -0.4 is 0 Å². The van der Waals surface area contributed by atoms with Gasteiger partial charge in [0.1, 0.15) is 0 Å². The van der Waals surface area contributed by atoms with Gasteiger partial charge in [-0.25, -0.2) is 0 Å². The third kappa shape index (κ3) is 1.85. The predicted octanol–water partition coefficient (Wildman–Crippen LogP) is 0.595. The van der Waals surface area contributed by atoms with Gasteiger partial charge in [-0.2, -0.15) is 15.4 Å². The molecule has 1 aromatic rings. The van der Waals surface area contributed by atoms with E-state index in [-0.39, 0.29) is 5.91 Å². The number of nitrogens with zero attached hydrogens (tertiary/aromatic N) is 3. The first-order valence-corrected chi connectivity index (χ1v) is 4.37. The van der Waals surface area contributed by atoms with Gasteiger partial charge in [0, 0.05) is 13.1 Å². The molecule has 0 saturated carbocycles. The lowest BCUT2D eigenvalue weighted by atomic mass is 10.3. The number of carbonyl (C=O) groups excluding carboxylic acids is 1. The number of hydrogen-bond donors (Lipinski definition) is 1.